The molecular formula is C21H25BrN6O4S2. The van der Waals surface area contributed by atoms with Gasteiger partial charge in [0.1, 0.15) is 13.2 Å². The second kappa shape index (κ2) is 9.51. The highest BCUT2D eigenvalue weighted by Gasteiger charge is 2.26. The molecule has 34 heavy (non-hydrogen) atoms. The van der Waals surface area contributed by atoms with Crippen LogP contribution in [-0.2, 0) is 16.6 Å². The lowest BCUT2D eigenvalue weighted by molar-refractivity contribution is 0.171. The number of ether oxygens (including phenoxy) is 2. The summed E-state index contributed by atoms with van der Waals surface area (Å²) < 4.78 is 39.2. The molecule has 0 unspecified atom stereocenters. The third kappa shape index (κ3) is 4.97. The summed E-state index contributed by atoms with van der Waals surface area (Å²) in [4.78, 5) is 14.6. The number of piperidine rings is 1. The second-order valence-electron chi connectivity index (χ2n) is 8.42. The van der Waals surface area contributed by atoms with E-state index in [9.17, 15) is 8.42 Å². The Morgan fingerprint density at radius 3 is 2.59 bits per heavy atom. The highest BCUT2D eigenvalue weighted by molar-refractivity contribution is 9.10. The number of benzene rings is 1. The van der Waals surface area contributed by atoms with Crippen LogP contribution in [0.3, 0.4) is 0 Å². The number of halogens is 1. The van der Waals surface area contributed by atoms with Gasteiger partial charge in [-0.15, -0.1) is 0 Å². The third-order valence-electron chi connectivity index (χ3n) is 6.09. The summed E-state index contributed by atoms with van der Waals surface area (Å²) in [7, 11) is -3.12. The summed E-state index contributed by atoms with van der Waals surface area (Å²) in [5.74, 6) is 2.89. The zero-order chi connectivity index (χ0) is 23.9. The lowest BCUT2D eigenvalue weighted by Crippen LogP contribution is -2.37. The minimum atomic E-state index is -3.12. The molecule has 1 saturated heterocycles. The number of aryl methyl sites for hydroxylation is 1. The van der Waals surface area contributed by atoms with Crippen LogP contribution in [-0.4, -0.2) is 64.8 Å². The molecule has 0 aliphatic carbocycles. The van der Waals surface area contributed by atoms with Crippen molar-refractivity contribution in [1.29, 1.82) is 0 Å². The molecular weight excluding hydrogens is 544 g/mol. The van der Waals surface area contributed by atoms with Gasteiger partial charge in [-0.1, -0.05) is 0 Å². The monoisotopic (exact) mass is 568 g/mol. The maximum Gasteiger partial charge on any atom is 0.211 e. The topological polar surface area (TPSA) is 125 Å². The van der Waals surface area contributed by atoms with Crippen LogP contribution in [0, 0.1) is 5.92 Å². The molecule has 0 atom stereocenters. The molecule has 0 spiro atoms. The molecule has 10 nitrogen and oxygen atoms in total. The quantitative estimate of drug-likeness (QED) is 0.477. The van der Waals surface area contributed by atoms with Gasteiger partial charge >= 0.3 is 0 Å². The molecule has 182 valence electrons. The maximum atomic E-state index is 11.7. The Labute approximate surface area is 210 Å². The van der Waals surface area contributed by atoms with Crippen LogP contribution in [0.1, 0.15) is 19.3 Å². The number of hydrogen-bond acceptors (Lipinski definition) is 9. The summed E-state index contributed by atoms with van der Waals surface area (Å²) in [6.45, 7) is 2.91. The fourth-order valence-corrected chi connectivity index (χ4v) is 6.44. The van der Waals surface area contributed by atoms with Gasteiger partial charge in [0.15, 0.2) is 34.0 Å². The molecule has 1 aromatic rings. The molecule has 0 aromatic heterocycles. The first-order valence-corrected chi connectivity index (χ1v) is 14.4. The van der Waals surface area contributed by atoms with E-state index in [1.165, 1.54) is 18.0 Å². The fourth-order valence-electron chi connectivity index (χ4n) is 4.22. The highest BCUT2D eigenvalue weighted by atomic mass is 79.9. The van der Waals surface area contributed by atoms with Gasteiger partial charge in [-0.25, -0.2) is 27.7 Å². The van der Waals surface area contributed by atoms with Gasteiger partial charge in [0, 0.05) is 29.0 Å². The Morgan fingerprint density at radius 2 is 1.88 bits per heavy atom. The van der Waals surface area contributed by atoms with E-state index in [2.05, 4.69) is 25.9 Å². The van der Waals surface area contributed by atoms with E-state index in [4.69, 9.17) is 20.2 Å². The molecule has 0 amide bonds. The molecule has 4 heterocycles. The Bertz CT molecular complexity index is 1280. The number of nitrogens with two attached hydrogens (primary N) is 1. The minimum absolute atomic E-state index is 0.341. The summed E-state index contributed by atoms with van der Waals surface area (Å²) in [6.07, 6.45) is 5.59. The first-order valence-electron chi connectivity index (χ1n) is 11.0. The van der Waals surface area contributed by atoms with Crippen molar-refractivity contribution >= 4 is 43.5 Å². The largest absolute Gasteiger partial charge is 0.486 e. The summed E-state index contributed by atoms with van der Waals surface area (Å²) in [5.41, 5.74) is 6.68. The van der Waals surface area contributed by atoms with Crippen LogP contribution in [0.5, 0.6) is 11.5 Å². The Hall–Kier alpha value is -2.09. The van der Waals surface area contributed by atoms with Crippen molar-refractivity contribution in [2.24, 2.45) is 5.92 Å². The van der Waals surface area contributed by atoms with Crippen LogP contribution in [0.25, 0.3) is 11.5 Å². The van der Waals surface area contributed by atoms with Crippen LogP contribution < -0.4 is 15.2 Å². The number of anilines is 1. The number of imidazole rings is 1. The summed E-state index contributed by atoms with van der Waals surface area (Å²) in [6, 6.07) is 3.81. The van der Waals surface area contributed by atoms with Crippen molar-refractivity contribution in [3.05, 3.63) is 22.9 Å². The van der Waals surface area contributed by atoms with Crippen molar-refractivity contribution in [2.45, 2.75) is 35.9 Å². The molecule has 0 saturated carbocycles. The summed E-state index contributed by atoms with van der Waals surface area (Å²) in [5, 5.41) is 0.572. The van der Waals surface area contributed by atoms with Crippen LogP contribution in [0.15, 0.2) is 33.0 Å². The highest BCUT2D eigenvalue weighted by Crippen LogP contribution is 2.42. The lowest BCUT2D eigenvalue weighted by Gasteiger charge is -2.30. The zero-order valence-corrected chi connectivity index (χ0v) is 21.8. The van der Waals surface area contributed by atoms with E-state index in [0.717, 1.165) is 28.6 Å². The van der Waals surface area contributed by atoms with Gasteiger partial charge in [-0.3, -0.25) is 0 Å². The molecule has 0 radical (unpaired) electrons. The van der Waals surface area contributed by atoms with E-state index >= 15 is 0 Å². The van der Waals surface area contributed by atoms with Gasteiger partial charge in [0.05, 0.1) is 12.6 Å². The van der Waals surface area contributed by atoms with E-state index in [1.54, 1.807) is 10.6 Å². The van der Waals surface area contributed by atoms with Crippen LogP contribution in [0.4, 0.5) is 5.82 Å². The van der Waals surface area contributed by atoms with Gasteiger partial charge in [0.2, 0.25) is 10.0 Å². The van der Waals surface area contributed by atoms with E-state index in [-0.39, 0.29) is 0 Å². The predicted octanol–water partition coefficient (Wildman–Crippen LogP) is 3.11. The number of aromatic nitrogens is 4. The molecule has 1 aromatic carbocycles. The van der Waals surface area contributed by atoms with Gasteiger partial charge < -0.3 is 19.8 Å². The van der Waals surface area contributed by atoms with Crippen molar-refractivity contribution in [3.63, 3.8) is 0 Å². The Morgan fingerprint density at radius 1 is 1.18 bits per heavy atom. The zero-order valence-electron chi connectivity index (χ0n) is 18.6. The molecule has 2 N–H and O–H groups in total. The van der Waals surface area contributed by atoms with Gasteiger partial charge in [0.25, 0.3) is 0 Å². The maximum absolute atomic E-state index is 11.7. The molecule has 13 heteroatoms. The van der Waals surface area contributed by atoms with Crippen molar-refractivity contribution in [3.8, 4) is 23.0 Å². The molecule has 1 fully saturated rings. The second-order valence-corrected chi connectivity index (χ2v) is 12.3. The van der Waals surface area contributed by atoms with Crippen molar-refractivity contribution in [1.82, 2.24) is 23.8 Å². The SMILES string of the molecule is CS(=O)(=O)N1CCC(CCn2cnc(N)c3nc(Sc4cc5c(cc4Br)OCCO5)nc2-3)CC1. The van der Waals surface area contributed by atoms with E-state index < -0.39 is 10.0 Å². The first kappa shape index (κ1) is 23.6. The predicted molar refractivity (Wildman–Crippen MR) is 132 cm³/mol. The number of rotatable bonds is 6. The van der Waals surface area contributed by atoms with Crippen LogP contribution in [0.2, 0.25) is 0 Å². The van der Waals surface area contributed by atoms with E-state index in [0.29, 0.717) is 72.8 Å². The Kier molecular flexibility index (Phi) is 6.62. The third-order valence-corrected chi connectivity index (χ3v) is 9.23. The average molecular weight is 570 g/mol. The normalized spacial score (nSPS) is 17.4. The van der Waals surface area contributed by atoms with Crippen molar-refractivity contribution in [2.75, 3.05) is 38.3 Å². The van der Waals surface area contributed by atoms with Crippen LogP contribution >= 0.6 is 27.7 Å². The molecule has 4 aliphatic heterocycles. The fraction of sp³-hybridized carbons (Fsp3) is 0.476. The summed E-state index contributed by atoms with van der Waals surface area (Å²) >= 11 is 5.01. The lowest BCUT2D eigenvalue weighted by atomic mass is 9.94. The number of fused-ring (bicyclic) bond motifs is 2. The number of hydrogen-bond donors (Lipinski definition) is 1. The number of nitrogens with zero attached hydrogens (tertiary/aromatic N) is 5. The standard InChI is InChI=1S/C21H25BrN6O4S2/c1-34(29,30)28-6-3-13(4-7-28)2-5-27-12-24-19(23)18-20(27)26-21(25-18)33-17-11-16-15(10-14(17)22)31-8-9-32-16/h10-13H,2-9,23H2,1H3. The molecule has 5 rings (SSSR count). The van der Waals surface area contributed by atoms with Gasteiger partial charge in [-0.05, 0) is 65.0 Å². The first-order chi connectivity index (χ1) is 16.3. The average Bonchev–Trinajstić information content (AvgIpc) is 3.24. The van der Waals surface area contributed by atoms with Gasteiger partial charge in [-0.2, -0.15) is 0 Å². The minimum Gasteiger partial charge on any atom is -0.486 e. The molecule has 4 aliphatic rings. The smallest absolute Gasteiger partial charge is 0.211 e. The number of sulfonamides is 1. The van der Waals surface area contributed by atoms with Crippen molar-refractivity contribution < 1.29 is 17.9 Å². The number of nitrogen functional groups attached to an aromatic ring is 1. The molecule has 0 bridgehead atoms. The van der Waals surface area contributed by atoms with E-state index in [1.807, 2.05) is 16.7 Å². The Balaban J connectivity index is 1.31.